The van der Waals surface area contributed by atoms with Crippen LogP contribution < -0.4 is 10.1 Å². The molecule has 3 aromatic carbocycles. The molecule has 3 aromatic rings. The van der Waals surface area contributed by atoms with Crippen LogP contribution in [0.3, 0.4) is 0 Å². The van der Waals surface area contributed by atoms with Crippen molar-refractivity contribution in [2.75, 3.05) is 11.9 Å². The van der Waals surface area contributed by atoms with Crippen molar-refractivity contribution in [3.8, 4) is 5.75 Å². The van der Waals surface area contributed by atoms with Crippen molar-refractivity contribution in [1.29, 1.82) is 0 Å². The lowest BCUT2D eigenvalue weighted by molar-refractivity contribution is 0.102. The zero-order chi connectivity index (χ0) is 19.1. The molecule has 0 aliphatic carbocycles. The van der Waals surface area contributed by atoms with Crippen molar-refractivity contribution in [3.05, 3.63) is 88.4 Å². The summed E-state index contributed by atoms with van der Waals surface area (Å²) in [6.07, 6.45) is 0. The van der Waals surface area contributed by atoms with Crippen molar-refractivity contribution >= 4 is 39.3 Å². The third-order valence-corrected chi connectivity index (χ3v) is 5.40. The van der Waals surface area contributed by atoms with Crippen molar-refractivity contribution in [1.82, 2.24) is 0 Å². The summed E-state index contributed by atoms with van der Waals surface area (Å²) < 4.78 is 6.67. The van der Waals surface area contributed by atoms with Crippen LogP contribution in [-0.4, -0.2) is 12.5 Å². The smallest absolute Gasteiger partial charge is 0.255 e. The average Bonchev–Trinajstić information content (AvgIpc) is 2.68. The minimum atomic E-state index is -0.137. The lowest BCUT2D eigenvalue weighted by atomic mass is 10.1. The monoisotopic (exact) mass is 441 g/mol. The first-order valence-corrected chi connectivity index (χ1v) is 10.4. The van der Waals surface area contributed by atoms with Gasteiger partial charge in [0.25, 0.3) is 5.91 Å². The van der Waals surface area contributed by atoms with Gasteiger partial charge in [0.2, 0.25) is 0 Å². The van der Waals surface area contributed by atoms with Crippen LogP contribution in [0.1, 0.15) is 22.8 Å². The Labute approximate surface area is 172 Å². The van der Waals surface area contributed by atoms with Gasteiger partial charge in [-0.25, -0.2) is 0 Å². The average molecular weight is 442 g/mol. The molecule has 1 amide bonds. The quantitative estimate of drug-likeness (QED) is 0.431. The van der Waals surface area contributed by atoms with Gasteiger partial charge in [0.05, 0.1) is 6.61 Å². The Kier molecular flexibility index (Phi) is 6.96. The topological polar surface area (TPSA) is 38.3 Å². The maximum atomic E-state index is 12.6. The molecule has 0 saturated carbocycles. The number of anilines is 1. The molecular formula is C22H20BrNO2S. The fraction of sp³-hybridized carbons (Fsp3) is 0.136. The standard InChI is InChI=1S/C22H20BrNO2S/c1-2-26-21-12-11-16(22(25)24-19-8-6-7-18(23)14-19)13-17(21)15-27-20-9-4-3-5-10-20/h3-14H,2,15H2,1H3,(H,24,25). The number of rotatable bonds is 7. The summed E-state index contributed by atoms with van der Waals surface area (Å²) in [6, 6.07) is 23.3. The fourth-order valence-electron chi connectivity index (χ4n) is 2.58. The molecule has 5 heteroatoms. The summed E-state index contributed by atoms with van der Waals surface area (Å²) in [5, 5.41) is 2.93. The van der Waals surface area contributed by atoms with Gasteiger partial charge in [0.1, 0.15) is 5.75 Å². The SMILES string of the molecule is CCOc1ccc(C(=O)Nc2cccc(Br)c2)cc1CSc1ccccc1. The number of carbonyl (C=O) groups is 1. The second-order valence-electron chi connectivity index (χ2n) is 5.82. The number of nitrogens with one attached hydrogen (secondary N) is 1. The molecular weight excluding hydrogens is 422 g/mol. The van der Waals surface area contributed by atoms with Gasteiger partial charge in [-0.2, -0.15) is 0 Å². The molecule has 0 spiro atoms. The highest BCUT2D eigenvalue weighted by Crippen LogP contribution is 2.29. The Balaban J connectivity index is 1.78. The first kappa shape index (κ1) is 19.5. The lowest BCUT2D eigenvalue weighted by Gasteiger charge is -2.12. The predicted octanol–water partition coefficient (Wildman–Crippen LogP) is 6.39. The molecule has 3 nitrogen and oxygen atoms in total. The summed E-state index contributed by atoms with van der Waals surface area (Å²) in [6.45, 7) is 2.55. The summed E-state index contributed by atoms with van der Waals surface area (Å²) in [7, 11) is 0. The van der Waals surface area contributed by atoms with Gasteiger partial charge in [-0.05, 0) is 55.5 Å². The van der Waals surface area contributed by atoms with Crippen LogP contribution in [0.25, 0.3) is 0 Å². The van der Waals surface area contributed by atoms with Crippen LogP contribution in [0.2, 0.25) is 0 Å². The van der Waals surface area contributed by atoms with E-state index >= 15 is 0 Å². The number of carbonyl (C=O) groups excluding carboxylic acids is 1. The number of benzene rings is 3. The highest BCUT2D eigenvalue weighted by atomic mass is 79.9. The third-order valence-electron chi connectivity index (χ3n) is 3.84. The van der Waals surface area contributed by atoms with Crippen molar-refractivity contribution < 1.29 is 9.53 Å². The zero-order valence-corrected chi connectivity index (χ0v) is 17.3. The Bertz CT molecular complexity index is 915. The van der Waals surface area contributed by atoms with Gasteiger partial charge >= 0.3 is 0 Å². The predicted molar refractivity (Wildman–Crippen MR) is 116 cm³/mol. The number of ether oxygens (including phenoxy) is 1. The van der Waals surface area contributed by atoms with Crippen molar-refractivity contribution in [2.24, 2.45) is 0 Å². The maximum Gasteiger partial charge on any atom is 0.255 e. The summed E-state index contributed by atoms with van der Waals surface area (Å²) in [4.78, 5) is 13.8. The van der Waals surface area contributed by atoms with E-state index in [1.165, 1.54) is 4.90 Å². The van der Waals surface area contributed by atoms with E-state index in [9.17, 15) is 4.79 Å². The molecule has 0 heterocycles. The van der Waals surface area contributed by atoms with E-state index in [-0.39, 0.29) is 5.91 Å². The van der Waals surface area contributed by atoms with Crippen LogP contribution in [-0.2, 0) is 5.75 Å². The lowest BCUT2D eigenvalue weighted by Crippen LogP contribution is -2.12. The second kappa shape index (κ2) is 9.62. The van der Waals surface area contributed by atoms with Crippen LogP contribution >= 0.6 is 27.7 Å². The first-order valence-electron chi connectivity index (χ1n) is 8.66. The minimum Gasteiger partial charge on any atom is -0.494 e. The zero-order valence-electron chi connectivity index (χ0n) is 14.9. The molecule has 1 N–H and O–H groups in total. The molecule has 0 saturated heterocycles. The van der Waals surface area contributed by atoms with Gasteiger partial charge in [-0.1, -0.05) is 40.2 Å². The van der Waals surface area contributed by atoms with Gasteiger partial charge in [-0.3, -0.25) is 4.79 Å². The van der Waals surface area contributed by atoms with E-state index in [0.717, 1.165) is 27.2 Å². The van der Waals surface area contributed by atoms with Crippen molar-refractivity contribution in [2.45, 2.75) is 17.6 Å². The Morgan fingerprint density at radius 3 is 2.59 bits per heavy atom. The highest BCUT2D eigenvalue weighted by Gasteiger charge is 2.12. The minimum absolute atomic E-state index is 0.137. The number of halogens is 1. The van der Waals surface area contributed by atoms with E-state index in [1.807, 2.05) is 61.5 Å². The normalized spacial score (nSPS) is 10.4. The van der Waals surface area contributed by atoms with Gasteiger partial charge in [0.15, 0.2) is 0 Å². The van der Waals surface area contributed by atoms with Crippen LogP contribution in [0.15, 0.2) is 82.2 Å². The Morgan fingerprint density at radius 1 is 1.04 bits per heavy atom. The van der Waals surface area contributed by atoms with Crippen LogP contribution in [0, 0.1) is 0 Å². The number of hydrogen-bond acceptors (Lipinski definition) is 3. The largest absolute Gasteiger partial charge is 0.494 e. The number of thioether (sulfide) groups is 1. The van der Waals surface area contributed by atoms with E-state index < -0.39 is 0 Å². The van der Waals surface area contributed by atoms with Gasteiger partial charge in [0, 0.05) is 31.9 Å². The Morgan fingerprint density at radius 2 is 1.85 bits per heavy atom. The Hall–Kier alpha value is -2.24. The maximum absolute atomic E-state index is 12.6. The number of amides is 1. The molecule has 0 atom stereocenters. The fourth-order valence-corrected chi connectivity index (χ4v) is 3.87. The van der Waals surface area contributed by atoms with E-state index in [1.54, 1.807) is 17.8 Å². The molecule has 0 bridgehead atoms. The van der Waals surface area contributed by atoms with Crippen molar-refractivity contribution in [3.63, 3.8) is 0 Å². The summed E-state index contributed by atoms with van der Waals surface area (Å²) >= 11 is 5.14. The molecule has 27 heavy (non-hydrogen) atoms. The van der Waals surface area contributed by atoms with Gasteiger partial charge < -0.3 is 10.1 Å². The van der Waals surface area contributed by atoms with E-state index in [0.29, 0.717) is 12.2 Å². The molecule has 0 aliphatic rings. The second-order valence-corrected chi connectivity index (χ2v) is 7.79. The van der Waals surface area contributed by atoms with Gasteiger partial charge in [-0.15, -0.1) is 11.8 Å². The van der Waals surface area contributed by atoms with Crippen LogP contribution in [0.5, 0.6) is 5.75 Å². The summed E-state index contributed by atoms with van der Waals surface area (Å²) in [5.41, 5.74) is 2.37. The molecule has 0 radical (unpaired) electrons. The first-order chi connectivity index (χ1) is 13.2. The van der Waals surface area contributed by atoms with E-state index in [4.69, 9.17) is 4.74 Å². The molecule has 0 fully saturated rings. The summed E-state index contributed by atoms with van der Waals surface area (Å²) in [5.74, 6) is 1.42. The molecule has 0 aliphatic heterocycles. The number of hydrogen-bond donors (Lipinski definition) is 1. The third kappa shape index (κ3) is 5.62. The molecule has 0 unspecified atom stereocenters. The molecule has 0 aromatic heterocycles. The highest BCUT2D eigenvalue weighted by molar-refractivity contribution is 9.10. The van der Waals surface area contributed by atoms with Crippen LogP contribution in [0.4, 0.5) is 5.69 Å². The van der Waals surface area contributed by atoms with E-state index in [2.05, 4.69) is 33.4 Å². The molecule has 138 valence electrons. The molecule has 3 rings (SSSR count).